The maximum absolute atomic E-state index is 10.2. The minimum atomic E-state index is -0.120. The summed E-state index contributed by atoms with van der Waals surface area (Å²) in [7, 11) is 0. The average molecular weight is 339 g/mol. The molecule has 1 aliphatic heterocycles. The molecule has 5 nitrogen and oxygen atoms in total. The molecule has 2 fully saturated rings. The summed E-state index contributed by atoms with van der Waals surface area (Å²) < 4.78 is 0. The fourth-order valence-electron chi connectivity index (χ4n) is 3.65. The lowest BCUT2D eigenvalue weighted by atomic mass is 9.89. The van der Waals surface area contributed by atoms with Crippen molar-refractivity contribution < 1.29 is 5.11 Å². The minimum absolute atomic E-state index is 0.0675. The van der Waals surface area contributed by atoms with Gasteiger partial charge in [-0.2, -0.15) is 0 Å². The van der Waals surface area contributed by atoms with Gasteiger partial charge >= 0.3 is 0 Å². The lowest BCUT2D eigenvalue weighted by Gasteiger charge is -2.41. The molecule has 0 aromatic carbocycles. The van der Waals surface area contributed by atoms with Gasteiger partial charge in [-0.25, -0.2) is 0 Å². The molecule has 1 saturated carbocycles. The van der Waals surface area contributed by atoms with Crippen LogP contribution in [0.25, 0.3) is 0 Å². The molecule has 1 aliphatic carbocycles. The first-order valence-corrected chi connectivity index (χ1v) is 9.78. The Morgan fingerprint density at radius 2 is 1.78 bits per heavy atom. The number of piperidine rings is 1. The molecule has 1 saturated heterocycles. The van der Waals surface area contributed by atoms with Crippen LogP contribution in [0.4, 0.5) is 5.13 Å². The maximum atomic E-state index is 10.2. The molecule has 23 heavy (non-hydrogen) atoms. The number of aliphatic hydroxyl groups is 1. The Labute approximate surface area is 143 Å². The third kappa shape index (κ3) is 4.22. The van der Waals surface area contributed by atoms with E-state index in [1.54, 1.807) is 11.3 Å². The van der Waals surface area contributed by atoms with E-state index in [4.69, 9.17) is 0 Å². The Morgan fingerprint density at radius 1 is 1.09 bits per heavy atom. The summed E-state index contributed by atoms with van der Waals surface area (Å²) in [6, 6.07) is 0.867. The van der Waals surface area contributed by atoms with Gasteiger partial charge in [-0.15, -0.1) is 10.2 Å². The van der Waals surface area contributed by atoms with E-state index >= 15 is 0 Å². The number of nitrogens with zero attached hydrogens (tertiary/aromatic N) is 3. The van der Waals surface area contributed by atoms with Crippen LogP contribution in [-0.4, -0.2) is 51.5 Å². The van der Waals surface area contributed by atoms with Gasteiger partial charge in [0, 0.05) is 30.6 Å². The van der Waals surface area contributed by atoms with Crippen LogP contribution in [0, 0.1) is 0 Å². The molecule has 1 aromatic rings. The first-order valence-electron chi connectivity index (χ1n) is 8.96. The smallest absolute Gasteiger partial charge is 0.205 e. The fraction of sp³-hybridized carbons (Fsp3) is 0.882. The molecule has 0 radical (unpaired) electrons. The molecule has 130 valence electrons. The highest BCUT2D eigenvalue weighted by Gasteiger charge is 2.31. The van der Waals surface area contributed by atoms with E-state index in [1.807, 2.05) is 0 Å². The molecular weight excluding hydrogens is 308 g/mol. The van der Waals surface area contributed by atoms with E-state index in [0.717, 1.165) is 48.9 Å². The van der Waals surface area contributed by atoms with Crippen molar-refractivity contribution in [3.63, 3.8) is 0 Å². The lowest BCUT2D eigenvalue weighted by molar-refractivity contribution is 0.00993. The van der Waals surface area contributed by atoms with Crippen molar-refractivity contribution in [2.45, 2.75) is 82.9 Å². The molecule has 2 atom stereocenters. The molecule has 2 aliphatic rings. The molecule has 0 bridgehead atoms. The van der Waals surface area contributed by atoms with Crippen LogP contribution in [0.5, 0.6) is 0 Å². The highest BCUT2D eigenvalue weighted by Crippen LogP contribution is 2.30. The zero-order chi connectivity index (χ0) is 16.4. The second-order valence-electron chi connectivity index (χ2n) is 8.04. The number of hydrogen-bond donors (Lipinski definition) is 2. The maximum Gasteiger partial charge on any atom is 0.205 e. The average Bonchev–Trinajstić information content (AvgIpc) is 2.97. The predicted molar refractivity (Wildman–Crippen MR) is 95.1 cm³/mol. The van der Waals surface area contributed by atoms with Crippen LogP contribution in [0.2, 0.25) is 0 Å². The van der Waals surface area contributed by atoms with Crippen LogP contribution in [0.3, 0.4) is 0 Å². The van der Waals surface area contributed by atoms with Crippen LogP contribution < -0.4 is 5.32 Å². The normalized spacial score (nSPS) is 28.0. The van der Waals surface area contributed by atoms with Crippen molar-refractivity contribution >= 4 is 16.5 Å². The van der Waals surface area contributed by atoms with E-state index in [0.29, 0.717) is 12.1 Å². The number of anilines is 1. The molecule has 6 heteroatoms. The summed E-state index contributed by atoms with van der Waals surface area (Å²) >= 11 is 1.68. The van der Waals surface area contributed by atoms with Gasteiger partial charge in [-0.1, -0.05) is 44.9 Å². The SMILES string of the molecule is CC(C)(C)c1nnc(NC2CCN(C3CCCCC3O)CC2)s1. The van der Waals surface area contributed by atoms with Crippen molar-refractivity contribution in [2.24, 2.45) is 0 Å². The van der Waals surface area contributed by atoms with Crippen LogP contribution in [0.1, 0.15) is 64.3 Å². The summed E-state index contributed by atoms with van der Waals surface area (Å²) in [5.41, 5.74) is 0.0675. The Bertz CT molecular complexity index is 505. The van der Waals surface area contributed by atoms with Gasteiger partial charge < -0.3 is 10.4 Å². The van der Waals surface area contributed by atoms with E-state index < -0.39 is 0 Å². The molecule has 0 spiro atoms. The van der Waals surface area contributed by atoms with Gasteiger partial charge in [-0.3, -0.25) is 4.90 Å². The molecule has 2 unspecified atom stereocenters. The Hall–Kier alpha value is -0.720. The van der Waals surface area contributed by atoms with Crippen molar-refractivity contribution in [1.29, 1.82) is 0 Å². The summed E-state index contributed by atoms with van der Waals surface area (Å²) in [6.45, 7) is 8.66. The van der Waals surface area contributed by atoms with Gasteiger partial charge in [0.05, 0.1) is 6.10 Å². The summed E-state index contributed by atoms with van der Waals surface area (Å²) in [4.78, 5) is 2.50. The topological polar surface area (TPSA) is 61.3 Å². The van der Waals surface area contributed by atoms with Crippen LogP contribution in [0.15, 0.2) is 0 Å². The number of aliphatic hydroxyl groups excluding tert-OH is 1. The summed E-state index contributed by atoms with van der Waals surface area (Å²) in [5, 5.41) is 24.4. The third-order valence-electron chi connectivity index (χ3n) is 5.09. The molecule has 3 rings (SSSR count). The summed E-state index contributed by atoms with van der Waals surface area (Å²) in [6.07, 6.45) is 6.70. The molecular formula is C17H30N4OS. The van der Waals surface area contributed by atoms with Crippen molar-refractivity contribution in [3.05, 3.63) is 5.01 Å². The standard InChI is InChI=1S/C17H30N4OS/c1-17(2,3)15-19-20-16(23-15)18-12-8-10-21(11-9-12)13-6-4-5-7-14(13)22/h12-14,22H,4-11H2,1-3H3,(H,18,20). The Kier molecular flexibility index (Phi) is 5.23. The summed E-state index contributed by atoms with van der Waals surface area (Å²) in [5.74, 6) is 0. The van der Waals surface area contributed by atoms with Crippen molar-refractivity contribution in [3.8, 4) is 0 Å². The second-order valence-corrected chi connectivity index (χ2v) is 9.01. The monoisotopic (exact) mass is 338 g/mol. The van der Waals surface area contributed by atoms with Gasteiger partial charge in [-0.05, 0) is 25.7 Å². The highest BCUT2D eigenvalue weighted by atomic mass is 32.1. The van der Waals surface area contributed by atoms with Gasteiger partial charge in [0.1, 0.15) is 5.01 Å². The first kappa shape index (κ1) is 17.1. The van der Waals surface area contributed by atoms with Gasteiger partial charge in [0.2, 0.25) is 5.13 Å². The number of rotatable bonds is 3. The lowest BCUT2D eigenvalue weighted by Crippen LogP contribution is -2.50. The highest BCUT2D eigenvalue weighted by molar-refractivity contribution is 7.15. The quantitative estimate of drug-likeness (QED) is 0.887. The number of hydrogen-bond acceptors (Lipinski definition) is 6. The van der Waals surface area contributed by atoms with E-state index in [1.165, 1.54) is 12.8 Å². The Balaban J connectivity index is 1.50. The molecule has 1 aromatic heterocycles. The van der Waals surface area contributed by atoms with Crippen molar-refractivity contribution in [2.75, 3.05) is 18.4 Å². The number of likely N-dealkylation sites (tertiary alicyclic amines) is 1. The van der Waals surface area contributed by atoms with E-state index in [-0.39, 0.29) is 11.5 Å². The number of nitrogens with one attached hydrogen (secondary N) is 1. The van der Waals surface area contributed by atoms with Crippen LogP contribution >= 0.6 is 11.3 Å². The van der Waals surface area contributed by atoms with E-state index in [2.05, 4.69) is 41.2 Å². The molecule has 0 amide bonds. The van der Waals surface area contributed by atoms with Gasteiger partial charge in [0.15, 0.2) is 0 Å². The molecule has 2 heterocycles. The fourth-order valence-corrected chi connectivity index (χ4v) is 4.53. The zero-order valence-corrected chi connectivity index (χ0v) is 15.4. The molecule has 2 N–H and O–H groups in total. The van der Waals surface area contributed by atoms with E-state index in [9.17, 15) is 5.11 Å². The third-order valence-corrected chi connectivity index (χ3v) is 6.37. The Morgan fingerprint density at radius 3 is 2.39 bits per heavy atom. The zero-order valence-electron chi connectivity index (χ0n) is 14.6. The second kappa shape index (κ2) is 7.03. The number of aromatic nitrogens is 2. The first-order chi connectivity index (χ1) is 10.9. The van der Waals surface area contributed by atoms with Crippen LogP contribution in [-0.2, 0) is 5.41 Å². The largest absolute Gasteiger partial charge is 0.391 e. The van der Waals surface area contributed by atoms with Gasteiger partial charge in [0.25, 0.3) is 0 Å². The van der Waals surface area contributed by atoms with Crippen molar-refractivity contribution in [1.82, 2.24) is 15.1 Å². The predicted octanol–water partition coefficient (Wildman–Crippen LogP) is 3.02. The minimum Gasteiger partial charge on any atom is -0.391 e.